The maximum Gasteiger partial charge on any atom is 0.319 e. The highest BCUT2D eigenvalue weighted by atomic mass is 16.2. The highest BCUT2D eigenvalue weighted by Crippen LogP contribution is 2.40. The van der Waals surface area contributed by atoms with Gasteiger partial charge < -0.3 is 9.80 Å². The summed E-state index contributed by atoms with van der Waals surface area (Å²) in [6.07, 6.45) is 9.14. The molecule has 1 aromatic heterocycles. The van der Waals surface area contributed by atoms with Crippen molar-refractivity contribution in [1.82, 2.24) is 19.7 Å². The first-order valence-corrected chi connectivity index (χ1v) is 9.90. The number of piperidine rings is 2. The third-order valence-corrected chi connectivity index (χ3v) is 6.32. The predicted molar refractivity (Wildman–Crippen MR) is 98.2 cm³/mol. The highest BCUT2D eigenvalue weighted by Gasteiger charge is 2.40. The van der Waals surface area contributed by atoms with Crippen molar-refractivity contribution in [2.45, 2.75) is 45.1 Å². The van der Waals surface area contributed by atoms with Crippen LogP contribution in [0, 0.1) is 5.41 Å². The van der Waals surface area contributed by atoms with Crippen molar-refractivity contribution in [2.75, 3.05) is 39.3 Å². The molecule has 3 saturated heterocycles. The molecule has 5 nitrogen and oxygen atoms in total. The lowest BCUT2D eigenvalue weighted by Crippen LogP contribution is -2.52. The lowest BCUT2D eigenvalue weighted by molar-refractivity contribution is 0.0258. The van der Waals surface area contributed by atoms with E-state index >= 15 is 0 Å². The Morgan fingerprint density at radius 2 is 1.72 bits per heavy atom. The van der Waals surface area contributed by atoms with Crippen LogP contribution in [-0.2, 0) is 6.54 Å². The normalized spacial score (nSPS) is 24.0. The molecule has 3 aliphatic rings. The molecular formula is C20H30N4O. The largest absolute Gasteiger partial charge is 0.325 e. The first kappa shape index (κ1) is 16.8. The fourth-order valence-corrected chi connectivity index (χ4v) is 4.85. The van der Waals surface area contributed by atoms with E-state index in [-0.39, 0.29) is 6.03 Å². The molecule has 0 aliphatic carbocycles. The first-order valence-electron chi connectivity index (χ1n) is 9.90. The van der Waals surface area contributed by atoms with E-state index in [4.69, 9.17) is 0 Å². The molecule has 1 spiro atoms. The summed E-state index contributed by atoms with van der Waals surface area (Å²) in [5, 5.41) is 0. The van der Waals surface area contributed by atoms with Gasteiger partial charge in [0.25, 0.3) is 0 Å². The molecule has 3 fully saturated rings. The number of hydrogen-bond acceptors (Lipinski definition) is 3. The van der Waals surface area contributed by atoms with Crippen LogP contribution < -0.4 is 0 Å². The molecule has 0 bridgehead atoms. The summed E-state index contributed by atoms with van der Waals surface area (Å²) in [7, 11) is 0. The van der Waals surface area contributed by atoms with E-state index in [0.717, 1.165) is 52.1 Å². The minimum atomic E-state index is 0.286. The second kappa shape index (κ2) is 7.32. The summed E-state index contributed by atoms with van der Waals surface area (Å²) in [4.78, 5) is 23.8. The van der Waals surface area contributed by atoms with Gasteiger partial charge in [0.2, 0.25) is 0 Å². The molecule has 0 atom stereocenters. The van der Waals surface area contributed by atoms with Crippen LogP contribution in [-0.4, -0.2) is 65.0 Å². The van der Waals surface area contributed by atoms with Gasteiger partial charge in [0.05, 0.1) is 5.69 Å². The van der Waals surface area contributed by atoms with Gasteiger partial charge in [-0.05, 0) is 62.6 Å². The average molecular weight is 342 g/mol. The van der Waals surface area contributed by atoms with E-state index in [9.17, 15) is 4.79 Å². The molecule has 4 heterocycles. The van der Waals surface area contributed by atoms with Crippen molar-refractivity contribution in [3.8, 4) is 0 Å². The van der Waals surface area contributed by atoms with Crippen molar-refractivity contribution < 1.29 is 4.79 Å². The zero-order chi connectivity index (χ0) is 17.1. The fourth-order valence-electron chi connectivity index (χ4n) is 4.85. The van der Waals surface area contributed by atoms with Crippen molar-refractivity contribution in [3.63, 3.8) is 0 Å². The zero-order valence-corrected chi connectivity index (χ0v) is 15.2. The summed E-state index contributed by atoms with van der Waals surface area (Å²) in [5.74, 6) is 0. The molecule has 0 aromatic carbocycles. The second-order valence-corrected chi connectivity index (χ2v) is 8.10. The lowest BCUT2D eigenvalue weighted by atomic mass is 9.72. The van der Waals surface area contributed by atoms with E-state index in [1.165, 1.54) is 37.9 Å². The van der Waals surface area contributed by atoms with Gasteiger partial charge in [0, 0.05) is 45.5 Å². The molecule has 0 radical (unpaired) electrons. The molecule has 2 amide bonds. The fraction of sp³-hybridized carbons (Fsp3) is 0.700. The number of pyridine rings is 1. The molecule has 25 heavy (non-hydrogen) atoms. The van der Waals surface area contributed by atoms with E-state index in [2.05, 4.69) is 26.9 Å². The van der Waals surface area contributed by atoms with E-state index in [0.29, 0.717) is 5.41 Å². The number of nitrogens with zero attached hydrogens (tertiary/aromatic N) is 4. The van der Waals surface area contributed by atoms with E-state index < -0.39 is 0 Å². The van der Waals surface area contributed by atoms with Crippen molar-refractivity contribution >= 4 is 6.03 Å². The molecule has 5 heteroatoms. The van der Waals surface area contributed by atoms with Gasteiger partial charge in [-0.25, -0.2) is 4.79 Å². The molecule has 4 rings (SSSR count). The van der Waals surface area contributed by atoms with Gasteiger partial charge in [0.15, 0.2) is 0 Å². The Balaban J connectivity index is 1.33. The first-order chi connectivity index (χ1) is 12.2. The lowest BCUT2D eigenvalue weighted by Gasteiger charge is -2.48. The quantitative estimate of drug-likeness (QED) is 0.829. The third kappa shape index (κ3) is 3.81. The SMILES string of the molecule is O=C(N1CCCC1)N1CCC2(CCCN(Cc3ccccn3)C2)CC1. The Hall–Kier alpha value is -1.62. The molecule has 1 aromatic rings. The van der Waals surface area contributed by atoms with Gasteiger partial charge in [-0.15, -0.1) is 0 Å². The topological polar surface area (TPSA) is 39.7 Å². The smallest absolute Gasteiger partial charge is 0.319 e. The summed E-state index contributed by atoms with van der Waals surface area (Å²) in [5.41, 5.74) is 1.58. The van der Waals surface area contributed by atoms with E-state index in [1.54, 1.807) is 0 Å². The molecule has 0 N–H and O–H groups in total. The zero-order valence-electron chi connectivity index (χ0n) is 15.2. The minimum absolute atomic E-state index is 0.286. The second-order valence-electron chi connectivity index (χ2n) is 8.10. The van der Waals surface area contributed by atoms with Gasteiger partial charge in [-0.3, -0.25) is 9.88 Å². The molecular weight excluding hydrogens is 312 g/mol. The van der Waals surface area contributed by atoms with Crippen LogP contribution in [0.4, 0.5) is 4.79 Å². The Morgan fingerprint density at radius 3 is 2.44 bits per heavy atom. The van der Waals surface area contributed by atoms with Crippen LogP contribution in [0.15, 0.2) is 24.4 Å². The molecule has 3 aliphatic heterocycles. The van der Waals surface area contributed by atoms with Crippen molar-refractivity contribution in [3.05, 3.63) is 30.1 Å². The van der Waals surface area contributed by atoms with Crippen molar-refractivity contribution in [2.24, 2.45) is 5.41 Å². The number of rotatable bonds is 2. The number of urea groups is 1. The van der Waals surface area contributed by atoms with Gasteiger partial charge in [-0.2, -0.15) is 0 Å². The number of carbonyl (C=O) groups excluding carboxylic acids is 1. The number of aromatic nitrogens is 1. The number of carbonyl (C=O) groups is 1. The Labute approximate surface area is 151 Å². The Morgan fingerprint density at radius 1 is 0.960 bits per heavy atom. The monoisotopic (exact) mass is 342 g/mol. The summed E-state index contributed by atoms with van der Waals surface area (Å²) in [6, 6.07) is 6.46. The third-order valence-electron chi connectivity index (χ3n) is 6.32. The summed E-state index contributed by atoms with van der Waals surface area (Å²) >= 11 is 0. The Kier molecular flexibility index (Phi) is 4.93. The predicted octanol–water partition coefficient (Wildman–Crippen LogP) is 2.98. The van der Waals surface area contributed by atoms with Crippen LogP contribution in [0.3, 0.4) is 0 Å². The van der Waals surface area contributed by atoms with Crippen LogP contribution >= 0.6 is 0 Å². The van der Waals surface area contributed by atoms with Crippen LogP contribution in [0.1, 0.15) is 44.2 Å². The number of likely N-dealkylation sites (tertiary alicyclic amines) is 3. The molecule has 0 unspecified atom stereocenters. The van der Waals surface area contributed by atoms with Crippen molar-refractivity contribution in [1.29, 1.82) is 0 Å². The Bertz CT molecular complexity index is 577. The maximum atomic E-state index is 12.6. The maximum absolute atomic E-state index is 12.6. The molecule has 0 saturated carbocycles. The number of amides is 2. The van der Waals surface area contributed by atoms with Gasteiger partial charge in [0.1, 0.15) is 0 Å². The standard InChI is InChI=1S/C20H30N4O/c25-19(23-12-3-4-13-23)24-14-8-20(9-15-24)7-5-11-22(17-20)16-18-6-1-2-10-21-18/h1-2,6,10H,3-5,7-9,11-17H2. The highest BCUT2D eigenvalue weighted by molar-refractivity contribution is 5.74. The van der Waals surface area contributed by atoms with Gasteiger partial charge >= 0.3 is 6.03 Å². The average Bonchev–Trinajstić information content (AvgIpc) is 3.18. The summed E-state index contributed by atoms with van der Waals surface area (Å²) in [6.45, 7) is 7.08. The summed E-state index contributed by atoms with van der Waals surface area (Å²) < 4.78 is 0. The van der Waals surface area contributed by atoms with E-state index in [1.807, 2.05) is 17.2 Å². The number of hydrogen-bond donors (Lipinski definition) is 0. The van der Waals surface area contributed by atoms with Gasteiger partial charge in [-0.1, -0.05) is 6.07 Å². The van der Waals surface area contributed by atoms with Crippen LogP contribution in [0.5, 0.6) is 0 Å². The molecule has 136 valence electrons. The minimum Gasteiger partial charge on any atom is -0.325 e. The van der Waals surface area contributed by atoms with Crippen LogP contribution in [0.2, 0.25) is 0 Å². The van der Waals surface area contributed by atoms with Crippen LogP contribution in [0.25, 0.3) is 0 Å².